The first kappa shape index (κ1) is 14.3. The molecule has 1 atom stereocenters. The molecule has 20 heavy (non-hydrogen) atoms. The molecule has 0 heterocycles. The molecule has 0 saturated heterocycles. The van der Waals surface area contributed by atoms with Crippen LogP contribution in [0, 0.1) is 11.6 Å². The van der Waals surface area contributed by atoms with Gasteiger partial charge in [-0.25, -0.2) is 8.78 Å². The van der Waals surface area contributed by atoms with Crippen molar-refractivity contribution in [3.63, 3.8) is 0 Å². The molecule has 3 N–H and O–H groups in total. The van der Waals surface area contributed by atoms with Crippen molar-refractivity contribution in [1.82, 2.24) is 0 Å². The van der Waals surface area contributed by atoms with E-state index in [2.05, 4.69) is 5.32 Å². The van der Waals surface area contributed by atoms with Gasteiger partial charge in [-0.05, 0) is 29.8 Å². The third-order valence-electron chi connectivity index (χ3n) is 3.02. The standard InChI is InChI=1S/C15H16F2N2O/c1-20-15-7-6-10(8-12(15)17)14(9-18)19-13-5-3-2-4-11(13)16/h2-8,14,19H,9,18H2,1H3. The maximum Gasteiger partial charge on any atom is 0.165 e. The van der Waals surface area contributed by atoms with Gasteiger partial charge >= 0.3 is 0 Å². The van der Waals surface area contributed by atoms with Crippen LogP contribution in [0.1, 0.15) is 11.6 Å². The molecule has 2 rings (SSSR count). The molecule has 0 saturated carbocycles. The minimum Gasteiger partial charge on any atom is -0.494 e. The Balaban J connectivity index is 2.24. The van der Waals surface area contributed by atoms with Crippen LogP contribution in [0.3, 0.4) is 0 Å². The van der Waals surface area contributed by atoms with Crippen molar-refractivity contribution in [2.24, 2.45) is 5.73 Å². The van der Waals surface area contributed by atoms with Crippen LogP contribution in [0.4, 0.5) is 14.5 Å². The van der Waals surface area contributed by atoms with E-state index in [1.165, 1.54) is 25.3 Å². The molecule has 0 aliphatic carbocycles. The van der Waals surface area contributed by atoms with Crippen molar-refractivity contribution in [2.45, 2.75) is 6.04 Å². The maximum absolute atomic E-state index is 13.7. The summed E-state index contributed by atoms with van der Waals surface area (Å²) in [5, 5.41) is 2.97. The number of hydrogen-bond acceptors (Lipinski definition) is 3. The molecule has 2 aromatic carbocycles. The van der Waals surface area contributed by atoms with Crippen LogP contribution in [0.25, 0.3) is 0 Å². The second-order valence-corrected chi connectivity index (χ2v) is 4.31. The van der Waals surface area contributed by atoms with E-state index in [0.717, 1.165) is 0 Å². The summed E-state index contributed by atoms with van der Waals surface area (Å²) in [5.74, 6) is -0.686. The summed E-state index contributed by atoms with van der Waals surface area (Å²) in [4.78, 5) is 0. The molecule has 0 fully saturated rings. The van der Waals surface area contributed by atoms with Crippen LogP contribution >= 0.6 is 0 Å². The first-order valence-corrected chi connectivity index (χ1v) is 6.20. The number of anilines is 1. The molecule has 0 bridgehead atoms. The monoisotopic (exact) mass is 278 g/mol. The van der Waals surface area contributed by atoms with Crippen molar-refractivity contribution >= 4 is 5.69 Å². The lowest BCUT2D eigenvalue weighted by Gasteiger charge is -2.19. The van der Waals surface area contributed by atoms with Gasteiger partial charge in [-0.1, -0.05) is 18.2 Å². The van der Waals surface area contributed by atoms with E-state index in [0.29, 0.717) is 11.3 Å². The summed E-state index contributed by atoms with van der Waals surface area (Å²) in [6.45, 7) is 0.208. The fourth-order valence-corrected chi connectivity index (χ4v) is 1.94. The van der Waals surface area contributed by atoms with Crippen LogP contribution in [-0.4, -0.2) is 13.7 Å². The molecule has 106 valence electrons. The van der Waals surface area contributed by atoms with Gasteiger partial charge in [0.25, 0.3) is 0 Å². The second-order valence-electron chi connectivity index (χ2n) is 4.31. The first-order valence-electron chi connectivity index (χ1n) is 6.20. The zero-order valence-electron chi connectivity index (χ0n) is 11.1. The smallest absolute Gasteiger partial charge is 0.165 e. The largest absolute Gasteiger partial charge is 0.494 e. The quantitative estimate of drug-likeness (QED) is 0.883. The summed E-state index contributed by atoms with van der Waals surface area (Å²) in [6.07, 6.45) is 0. The van der Waals surface area contributed by atoms with Crippen molar-refractivity contribution in [3.05, 3.63) is 59.7 Å². The molecule has 0 spiro atoms. The normalized spacial score (nSPS) is 12.0. The van der Waals surface area contributed by atoms with Crippen LogP contribution in [0.15, 0.2) is 42.5 Å². The molecular formula is C15H16F2N2O. The highest BCUT2D eigenvalue weighted by Gasteiger charge is 2.14. The molecule has 0 aromatic heterocycles. The van der Waals surface area contributed by atoms with Gasteiger partial charge < -0.3 is 15.8 Å². The number of ether oxygens (including phenoxy) is 1. The van der Waals surface area contributed by atoms with Gasteiger partial charge in [0.1, 0.15) is 5.82 Å². The summed E-state index contributed by atoms with van der Waals surface area (Å²) in [7, 11) is 1.40. The summed E-state index contributed by atoms with van der Waals surface area (Å²) in [5.41, 5.74) is 6.65. The van der Waals surface area contributed by atoms with E-state index in [1.54, 1.807) is 24.3 Å². The zero-order chi connectivity index (χ0) is 14.5. The Morgan fingerprint density at radius 2 is 1.90 bits per heavy atom. The number of hydrogen-bond donors (Lipinski definition) is 2. The fraction of sp³-hybridized carbons (Fsp3) is 0.200. The van der Waals surface area contributed by atoms with Gasteiger partial charge in [0.2, 0.25) is 0 Å². The van der Waals surface area contributed by atoms with Crippen molar-refractivity contribution in [1.29, 1.82) is 0 Å². The topological polar surface area (TPSA) is 47.3 Å². The van der Waals surface area contributed by atoms with Crippen LogP contribution in [0.5, 0.6) is 5.75 Å². The fourth-order valence-electron chi connectivity index (χ4n) is 1.94. The predicted molar refractivity (Wildman–Crippen MR) is 74.8 cm³/mol. The Hall–Kier alpha value is -2.14. The highest BCUT2D eigenvalue weighted by Crippen LogP contribution is 2.25. The Morgan fingerprint density at radius 1 is 1.15 bits per heavy atom. The molecule has 3 nitrogen and oxygen atoms in total. The average Bonchev–Trinajstić information content (AvgIpc) is 2.46. The lowest BCUT2D eigenvalue weighted by atomic mass is 10.1. The van der Waals surface area contributed by atoms with E-state index in [4.69, 9.17) is 10.5 Å². The van der Waals surface area contributed by atoms with E-state index in [1.807, 2.05) is 0 Å². The lowest BCUT2D eigenvalue weighted by molar-refractivity contribution is 0.386. The molecule has 1 unspecified atom stereocenters. The number of nitrogens with one attached hydrogen (secondary N) is 1. The van der Waals surface area contributed by atoms with Gasteiger partial charge in [0, 0.05) is 6.54 Å². The Bertz CT molecular complexity index is 590. The van der Waals surface area contributed by atoms with Gasteiger partial charge in [-0.3, -0.25) is 0 Å². The minimum absolute atomic E-state index is 0.162. The highest BCUT2D eigenvalue weighted by molar-refractivity contribution is 5.47. The van der Waals surface area contributed by atoms with E-state index < -0.39 is 5.82 Å². The SMILES string of the molecule is COc1ccc(C(CN)Nc2ccccc2F)cc1F. The third kappa shape index (κ3) is 3.05. The molecule has 5 heteroatoms. The number of benzene rings is 2. The first-order chi connectivity index (χ1) is 9.65. The van der Waals surface area contributed by atoms with Crippen molar-refractivity contribution in [3.8, 4) is 5.75 Å². The van der Waals surface area contributed by atoms with E-state index in [-0.39, 0.29) is 24.2 Å². The third-order valence-corrected chi connectivity index (χ3v) is 3.02. The molecular weight excluding hydrogens is 262 g/mol. The Morgan fingerprint density at radius 3 is 2.50 bits per heavy atom. The highest BCUT2D eigenvalue weighted by atomic mass is 19.1. The second kappa shape index (κ2) is 6.34. The number of halogens is 2. The Kier molecular flexibility index (Phi) is 4.53. The lowest BCUT2D eigenvalue weighted by Crippen LogP contribution is -2.21. The summed E-state index contributed by atoms with van der Waals surface area (Å²) >= 11 is 0. The Labute approximate surface area is 116 Å². The van der Waals surface area contributed by atoms with E-state index >= 15 is 0 Å². The zero-order valence-corrected chi connectivity index (χ0v) is 11.1. The van der Waals surface area contributed by atoms with Crippen molar-refractivity contribution in [2.75, 3.05) is 19.0 Å². The average molecular weight is 278 g/mol. The molecule has 0 aliphatic rings. The molecule has 0 radical (unpaired) electrons. The van der Waals surface area contributed by atoms with Crippen molar-refractivity contribution < 1.29 is 13.5 Å². The summed E-state index contributed by atoms with van der Waals surface area (Å²) in [6, 6.07) is 10.5. The molecule has 0 amide bonds. The maximum atomic E-state index is 13.7. The number of para-hydroxylation sites is 1. The number of nitrogens with two attached hydrogens (primary N) is 1. The summed E-state index contributed by atoms with van der Waals surface area (Å²) < 4.78 is 32.2. The van der Waals surface area contributed by atoms with Crippen LogP contribution < -0.4 is 15.8 Å². The van der Waals surface area contributed by atoms with Gasteiger partial charge in [0.15, 0.2) is 11.6 Å². The molecule has 0 aliphatic heterocycles. The number of methoxy groups -OCH3 is 1. The number of rotatable bonds is 5. The van der Waals surface area contributed by atoms with Gasteiger partial charge in [-0.2, -0.15) is 0 Å². The van der Waals surface area contributed by atoms with E-state index in [9.17, 15) is 8.78 Å². The molecule has 2 aromatic rings. The predicted octanol–water partition coefficient (Wildman–Crippen LogP) is 3.09. The van der Waals surface area contributed by atoms with Crippen LogP contribution in [-0.2, 0) is 0 Å². The van der Waals surface area contributed by atoms with Crippen LogP contribution in [0.2, 0.25) is 0 Å². The van der Waals surface area contributed by atoms with Gasteiger partial charge in [-0.15, -0.1) is 0 Å². The van der Waals surface area contributed by atoms with Gasteiger partial charge in [0.05, 0.1) is 18.8 Å². The minimum atomic E-state index is -0.473.